The lowest BCUT2D eigenvalue weighted by molar-refractivity contribution is 0.304. The number of fused-ring (bicyclic) bond motifs is 1. The smallest absolute Gasteiger partial charge is 0.258 e. The topological polar surface area (TPSA) is 114 Å². The van der Waals surface area contributed by atoms with Gasteiger partial charge in [-0.2, -0.15) is 5.26 Å². The Morgan fingerprint density at radius 3 is 3.00 bits per heavy atom. The quantitative estimate of drug-likeness (QED) is 0.808. The molecule has 128 valence electrons. The lowest BCUT2D eigenvalue weighted by atomic mass is 9.84. The summed E-state index contributed by atoms with van der Waals surface area (Å²) in [4.78, 5) is 19.0. The maximum absolute atomic E-state index is 12.4. The number of aromatic nitrogens is 2. The Morgan fingerprint density at radius 2 is 2.24 bits per heavy atom. The number of para-hydroxylation sites is 1. The number of nitrogens with two attached hydrogens (primary N) is 1. The van der Waals surface area contributed by atoms with E-state index >= 15 is 0 Å². The average Bonchev–Trinajstić information content (AvgIpc) is 2.61. The van der Waals surface area contributed by atoms with Gasteiger partial charge in [0.25, 0.3) is 5.56 Å². The van der Waals surface area contributed by atoms with Crippen LogP contribution in [0.5, 0.6) is 11.6 Å². The van der Waals surface area contributed by atoms with E-state index in [9.17, 15) is 10.1 Å². The summed E-state index contributed by atoms with van der Waals surface area (Å²) in [6, 6.07) is 9.36. The van der Waals surface area contributed by atoms with Crippen molar-refractivity contribution >= 4 is 0 Å². The van der Waals surface area contributed by atoms with E-state index in [1.165, 1.54) is 6.33 Å². The number of nitrogens with zero attached hydrogens (tertiary/aromatic N) is 2. The fourth-order valence-corrected chi connectivity index (χ4v) is 2.78. The van der Waals surface area contributed by atoms with Gasteiger partial charge >= 0.3 is 0 Å². The summed E-state index contributed by atoms with van der Waals surface area (Å²) >= 11 is 0. The molecular formula is C18H18N4O3. The monoisotopic (exact) mass is 338 g/mol. The predicted octanol–water partition coefficient (Wildman–Crippen LogP) is 2.17. The molecule has 2 aromatic rings. The van der Waals surface area contributed by atoms with Crippen LogP contribution in [0.25, 0.3) is 0 Å². The van der Waals surface area contributed by atoms with Crippen molar-refractivity contribution in [3.8, 4) is 17.7 Å². The van der Waals surface area contributed by atoms with Crippen LogP contribution in [0.4, 0.5) is 0 Å². The van der Waals surface area contributed by atoms with Crippen molar-refractivity contribution in [2.75, 3.05) is 6.61 Å². The maximum Gasteiger partial charge on any atom is 0.258 e. The van der Waals surface area contributed by atoms with Gasteiger partial charge in [-0.05, 0) is 12.5 Å². The third-order valence-electron chi connectivity index (χ3n) is 4.01. The number of ether oxygens (including phenoxy) is 2. The van der Waals surface area contributed by atoms with Crippen molar-refractivity contribution in [1.29, 1.82) is 5.26 Å². The Kier molecular flexibility index (Phi) is 4.70. The first kappa shape index (κ1) is 16.6. The summed E-state index contributed by atoms with van der Waals surface area (Å²) in [6.07, 6.45) is 3.15. The molecule has 0 saturated carbocycles. The highest BCUT2D eigenvalue weighted by Crippen LogP contribution is 2.42. The molecule has 0 saturated heterocycles. The maximum atomic E-state index is 12.4. The molecule has 0 bridgehead atoms. The Labute approximate surface area is 144 Å². The summed E-state index contributed by atoms with van der Waals surface area (Å²) in [5, 5.41) is 9.57. The SMILES string of the molecule is CCCCOc1ccccc1C1C(C#N)=C(N)Oc2nc[nH]c(=O)c21. The second kappa shape index (κ2) is 7.09. The van der Waals surface area contributed by atoms with Crippen LogP contribution in [-0.4, -0.2) is 16.6 Å². The number of benzene rings is 1. The van der Waals surface area contributed by atoms with E-state index in [0.717, 1.165) is 12.8 Å². The first-order valence-corrected chi connectivity index (χ1v) is 8.04. The zero-order valence-corrected chi connectivity index (χ0v) is 13.8. The second-order valence-electron chi connectivity index (χ2n) is 5.62. The van der Waals surface area contributed by atoms with Gasteiger partial charge in [-0.25, -0.2) is 4.98 Å². The Morgan fingerprint density at radius 1 is 1.44 bits per heavy atom. The molecule has 7 heteroatoms. The van der Waals surface area contributed by atoms with E-state index in [4.69, 9.17) is 15.2 Å². The predicted molar refractivity (Wildman–Crippen MR) is 91.0 cm³/mol. The number of allylic oxidation sites excluding steroid dienone is 1. The number of nitrogens with one attached hydrogen (secondary N) is 1. The third kappa shape index (κ3) is 3.06. The van der Waals surface area contributed by atoms with E-state index < -0.39 is 5.92 Å². The molecule has 1 unspecified atom stereocenters. The zero-order valence-electron chi connectivity index (χ0n) is 13.8. The van der Waals surface area contributed by atoms with Gasteiger partial charge in [-0.1, -0.05) is 31.5 Å². The van der Waals surface area contributed by atoms with E-state index in [-0.39, 0.29) is 28.5 Å². The lowest BCUT2D eigenvalue weighted by Crippen LogP contribution is -2.28. The lowest BCUT2D eigenvalue weighted by Gasteiger charge is -2.25. The molecule has 0 aliphatic carbocycles. The van der Waals surface area contributed by atoms with Crippen molar-refractivity contribution in [2.24, 2.45) is 5.73 Å². The molecule has 1 aromatic carbocycles. The normalized spacial score (nSPS) is 15.9. The Balaban J connectivity index is 2.16. The van der Waals surface area contributed by atoms with Crippen LogP contribution in [0.2, 0.25) is 0 Å². The molecule has 7 nitrogen and oxygen atoms in total. The number of rotatable bonds is 5. The zero-order chi connectivity index (χ0) is 17.8. The van der Waals surface area contributed by atoms with Crippen LogP contribution in [0, 0.1) is 11.3 Å². The molecule has 1 aliphatic rings. The fraction of sp³-hybridized carbons (Fsp3) is 0.278. The summed E-state index contributed by atoms with van der Waals surface area (Å²) in [6.45, 7) is 2.63. The van der Waals surface area contributed by atoms with E-state index in [0.29, 0.717) is 17.9 Å². The molecule has 0 spiro atoms. The van der Waals surface area contributed by atoms with Crippen LogP contribution in [0.15, 0.2) is 46.8 Å². The molecule has 0 fully saturated rings. The number of H-pyrrole nitrogens is 1. The molecular weight excluding hydrogens is 320 g/mol. The molecule has 3 rings (SSSR count). The molecule has 3 N–H and O–H groups in total. The number of nitriles is 1. The average molecular weight is 338 g/mol. The minimum atomic E-state index is -0.691. The molecule has 0 radical (unpaired) electrons. The van der Waals surface area contributed by atoms with E-state index in [2.05, 4.69) is 23.0 Å². The van der Waals surface area contributed by atoms with Gasteiger partial charge in [0.2, 0.25) is 11.8 Å². The largest absolute Gasteiger partial charge is 0.493 e. The summed E-state index contributed by atoms with van der Waals surface area (Å²) < 4.78 is 11.2. The molecule has 1 aliphatic heterocycles. The highest BCUT2D eigenvalue weighted by molar-refractivity contribution is 5.55. The van der Waals surface area contributed by atoms with Crippen molar-refractivity contribution in [1.82, 2.24) is 9.97 Å². The van der Waals surface area contributed by atoms with Crippen LogP contribution in [0.3, 0.4) is 0 Å². The number of unbranched alkanes of at least 4 members (excludes halogenated alkanes) is 1. The Bertz CT molecular complexity index is 911. The summed E-state index contributed by atoms with van der Waals surface area (Å²) in [7, 11) is 0. The van der Waals surface area contributed by atoms with Crippen molar-refractivity contribution < 1.29 is 9.47 Å². The van der Waals surface area contributed by atoms with Crippen molar-refractivity contribution in [3.05, 3.63) is 63.5 Å². The highest BCUT2D eigenvalue weighted by Gasteiger charge is 2.35. The van der Waals surface area contributed by atoms with E-state index in [1.54, 1.807) is 0 Å². The van der Waals surface area contributed by atoms with Crippen molar-refractivity contribution in [3.63, 3.8) is 0 Å². The first-order valence-electron chi connectivity index (χ1n) is 8.04. The van der Waals surface area contributed by atoms with Gasteiger partial charge in [0.05, 0.1) is 24.4 Å². The minimum absolute atomic E-state index is 0.0542. The molecule has 2 heterocycles. The molecule has 1 aromatic heterocycles. The number of hydrogen-bond acceptors (Lipinski definition) is 6. The van der Waals surface area contributed by atoms with Crippen LogP contribution in [0.1, 0.15) is 36.8 Å². The summed E-state index contributed by atoms with van der Waals surface area (Å²) in [5.41, 5.74) is 6.62. The van der Waals surface area contributed by atoms with Gasteiger partial charge in [0.15, 0.2) is 0 Å². The van der Waals surface area contributed by atoms with Crippen molar-refractivity contribution in [2.45, 2.75) is 25.7 Å². The molecule has 1 atom stereocenters. The van der Waals surface area contributed by atoms with Gasteiger partial charge in [-0.15, -0.1) is 0 Å². The van der Waals surface area contributed by atoms with Gasteiger partial charge in [0.1, 0.15) is 17.4 Å². The molecule has 25 heavy (non-hydrogen) atoms. The van der Waals surface area contributed by atoms with Crippen LogP contribution >= 0.6 is 0 Å². The first-order chi connectivity index (χ1) is 12.2. The van der Waals surface area contributed by atoms with Gasteiger partial charge in [0, 0.05) is 5.56 Å². The van der Waals surface area contributed by atoms with E-state index in [1.807, 2.05) is 24.3 Å². The van der Waals surface area contributed by atoms with Gasteiger partial charge in [-0.3, -0.25) is 4.79 Å². The molecule has 0 amide bonds. The number of hydrogen-bond donors (Lipinski definition) is 2. The third-order valence-corrected chi connectivity index (χ3v) is 4.01. The standard InChI is InChI=1S/C18H18N4O3/c1-2-3-8-24-13-7-5-4-6-11(13)14-12(9-19)16(20)25-18-15(14)17(23)21-10-22-18/h4-7,10,14H,2-3,8,20H2,1H3,(H,21,22,23). The summed E-state index contributed by atoms with van der Waals surface area (Å²) in [5.74, 6) is -0.0308. The minimum Gasteiger partial charge on any atom is -0.493 e. The number of aromatic amines is 1. The Hall–Kier alpha value is -3.27. The van der Waals surface area contributed by atoms with Crippen LogP contribution in [-0.2, 0) is 0 Å². The fourth-order valence-electron chi connectivity index (χ4n) is 2.78. The van der Waals surface area contributed by atoms with Crippen LogP contribution < -0.4 is 20.8 Å². The van der Waals surface area contributed by atoms with Gasteiger partial charge < -0.3 is 20.2 Å². The highest BCUT2D eigenvalue weighted by atomic mass is 16.5. The second-order valence-corrected chi connectivity index (χ2v) is 5.62.